The van der Waals surface area contributed by atoms with Crippen LogP contribution in [-0.4, -0.2) is 51.0 Å². The topological polar surface area (TPSA) is 31.5 Å². The van der Waals surface area contributed by atoms with Crippen molar-refractivity contribution >= 4 is 45.5 Å². The van der Waals surface area contributed by atoms with Gasteiger partial charge < -0.3 is 5.48 Å². The van der Waals surface area contributed by atoms with Crippen molar-refractivity contribution in [3.63, 3.8) is 0 Å². The molecule has 0 spiro atoms. The molecule has 0 saturated heterocycles. The quantitative estimate of drug-likeness (QED) is 0.476. The van der Waals surface area contributed by atoms with Gasteiger partial charge in [-0.05, 0) is 0 Å². The van der Waals surface area contributed by atoms with Crippen LogP contribution in [0.3, 0.4) is 0 Å². The Morgan fingerprint density at radius 2 is 1.00 bits per heavy atom. The fourth-order valence-electron chi connectivity index (χ4n) is 0. The van der Waals surface area contributed by atoms with Crippen molar-refractivity contribution in [3.05, 3.63) is 0 Å². The van der Waals surface area contributed by atoms with E-state index in [1.165, 1.54) is 0 Å². The first-order valence-electron chi connectivity index (χ1n) is 0. The Morgan fingerprint density at radius 3 is 1.00 bits per heavy atom. The van der Waals surface area contributed by atoms with E-state index in [0.29, 0.717) is 0 Å². The second-order valence-corrected chi connectivity index (χ2v) is 0. The molecule has 0 saturated carbocycles. The number of hydrogen-bond acceptors (Lipinski definition) is 0. The molecule has 0 atom stereocenters. The van der Waals surface area contributed by atoms with E-state index in [4.69, 9.17) is 0 Å². The van der Waals surface area contributed by atoms with Gasteiger partial charge in [0.05, 0.1) is 0 Å². The summed E-state index contributed by atoms with van der Waals surface area (Å²) < 4.78 is 0. The van der Waals surface area contributed by atoms with Crippen molar-refractivity contribution in [3.8, 4) is 0 Å². The van der Waals surface area contributed by atoms with Gasteiger partial charge >= 0.3 is 45.5 Å². The molecule has 0 aromatic rings. The minimum atomic E-state index is 0. The number of hydrogen-bond donors (Lipinski definition) is 0. The summed E-state index contributed by atoms with van der Waals surface area (Å²) in [6, 6.07) is 0. The van der Waals surface area contributed by atoms with Crippen LogP contribution in [0.15, 0.2) is 0 Å². The standard InChI is InChI=1S/La.Ni.H2O.Sr.2H/h;;1H2;;;. The molecule has 1 radical (unpaired) electrons. The summed E-state index contributed by atoms with van der Waals surface area (Å²) in [4.78, 5) is 0. The van der Waals surface area contributed by atoms with Crippen LogP contribution in [0, 0.1) is 35.6 Å². The molecule has 0 amide bonds. The van der Waals surface area contributed by atoms with Crippen molar-refractivity contribution in [1.82, 2.24) is 0 Å². The second kappa shape index (κ2) is 16.5. The molecule has 0 bridgehead atoms. The third-order valence-corrected chi connectivity index (χ3v) is 0. The van der Waals surface area contributed by atoms with E-state index in [0.717, 1.165) is 0 Å². The van der Waals surface area contributed by atoms with Crippen LogP contribution in [0.4, 0.5) is 0 Å². The molecule has 0 heterocycles. The summed E-state index contributed by atoms with van der Waals surface area (Å²) in [5, 5.41) is 0. The zero-order valence-corrected chi connectivity index (χ0v) is 6.01. The van der Waals surface area contributed by atoms with Crippen LogP contribution in [-0.2, 0) is 16.5 Å². The van der Waals surface area contributed by atoms with Crippen molar-refractivity contribution in [2.75, 3.05) is 0 Å². The summed E-state index contributed by atoms with van der Waals surface area (Å²) in [5.74, 6) is 0. The van der Waals surface area contributed by atoms with Gasteiger partial charge in [-0.15, -0.1) is 0 Å². The molecule has 0 aliphatic rings. The van der Waals surface area contributed by atoms with Crippen LogP contribution in [0.25, 0.3) is 0 Å². The van der Waals surface area contributed by atoms with Gasteiger partial charge in [0.15, 0.2) is 0 Å². The first-order valence-corrected chi connectivity index (χ1v) is 0. The van der Waals surface area contributed by atoms with Gasteiger partial charge in [-0.1, -0.05) is 0 Å². The zero-order valence-electron chi connectivity index (χ0n) is 1.39. The first-order chi connectivity index (χ1) is 0. The van der Waals surface area contributed by atoms with Gasteiger partial charge in [0.1, 0.15) is 0 Å². The summed E-state index contributed by atoms with van der Waals surface area (Å²) in [5.41, 5.74) is 0. The molecule has 0 aliphatic carbocycles. The fourth-order valence-corrected chi connectivity index (χ4v) is 0. The van der Waals surface area contributed by atoms with Gasteiger partial charge in [-0.2, -0.15) is 0 Å². The van der Waals surface area contributed by atoms with E-state index >= 15 is 0 Å². The number of rotatable bonds is 0. The van der Waals surface area contributed by atoms with Crippen molar-refractivity contribution < 1.29 is 57.6 Å². The van der Waals surface area contributed by atoms with Crippen LogP contribution in [0.1, 0.15) is 0 Å². The molecule has 0 fully saturated rings. The van der Waals surface area contributed by atoms with Crippen molar-refractivity contribution in [2.45, 2.75) is 0 Å². The molecule has 1 nitrogen and oxygen atoms in total. The van der Waals surface area contributed by atoms with Crippen molar-refractivity contribution in [2.24, 2.45) is 0 Å². The maximum atomic E-state index is 0. The second-order valence-electron chi connectivity index (χ2n) is 0. The molecule has 4 heteroatoms. The SMILES string of the molecule is O.[La].[Ni].[SrH2]. The monoisotopic (exact) mass is 305 g/mol. The van der Waals surface area contributed by atoms with Gasteiger partial charge in [-0.3, -0.25) is 0 Å². The summed E-state index contributed by atoms with van der Waals surface area (Å²) in [6.07, 6.45) is 0. The fraction of sp³-hybridized carbons (Fsp3) is 0. The van der Waals surface area contributed by atoms with E-state index in [2.05, 4.69) is 0 Å². The molecular formula is H4LaNiOSr. The summed E-state index contributed by atoms with van der Waals surface area (Å²) in [7, 11) is 0. The van der Waals surface area contributed by atoms with Crippen molar-refractivity contribution in [1.29, 1.82) is 0 Å². The predicted molar refractivity (Wildman–Crippen MR) is 12.2 cm³/mol. The average molecular weight is 305 g/mol. The van der Waals surface area contributed by atoms with Crippen LogP contribution >= 0.6 is 0 Å². The Balaban J connectivity index is 0. The maximum absolute atomic E-state index is 0. The molecule has 25 valence electrons. The van der Waals surface area contributed by atoms with Crippen LogP contribution in [0.2, 0.25) is 0 Å². The Hall–Kier alpha value is 3.13. The van der Waals surface area contributed by atoms with E-state index in [-0.39, 0.29) is 103 Å². The molecule has 0 rings (SSSR count). The van der Waals surface area contributed by atoms with Gasteiger partial charge in [0, 0.05) is 52.1 Å². The molecule has 2 N–H and O–H groups in total. The third kappa shape index (κ3) is 8.93. The Bertz CT molecular complexity index is 8.00. The third-order valence-electron chi connectivity index (χ3n) is 0. The normalized spacial score (nSPS) is 0. The van der Waals surface area contributed by atoms with E-state index < -0.39 is 0 Å². The Labute approximate surface area is 100 Å². The first kappa shape index (κ1) is 27.4. The van der Waals surface area contributed by atoms with Crippen LogP contribution in [0.5, 0.6) is 0 Å². The zero-order chi connectivity index (χ0) is 0. The van der Waals surface area contributed by atoms with E-state index in [1.54, 1.807) is 0 Å². The van der Waals surface area contributed by atoms with Gasteiger partial charge in [0.2, 0.25) is 0 Å². The molecule has 0 aliphatic heterocycles. The van der Waals surface area contributed by atoms with Gasteiger partial charge in [-0.25, -0.2) is 0 Å². The Morgan fingerprint density at radius 1 is 1.00 bits per heavy atom. The van der Waals surface area contributed by atoms with E-state index in [9.17, 15) is 0 Å². The average Bonchev–Trinajstić information content (AvgIpc) is 0. The molecule has 0 aromatic carbocycles. The Kier molecular flexibility index (Phi) is 113. The molecule has 0 aromatic heterocycles. The predicted octanol–water partition coefficient (Wildman–Crippen LogP) is -1.74. The minimum absolute atomic E-state index is 0. The van der Waals surface area contributed by atoms with Gasteiger partial charge in [0.25, 0.3) is 0 Å². The molecule has 4 heavy (non-hydrogen) atoms. The van der Waals surface area contributed by atoms with Crippen LogP contribution < -0.4 is 0 Å². The van der Waals surface area contributed by atoms with E-state index in [1.807, 2.05) is 0 Å². The molecule has 0 unspecified atom stereocenters. The summed E-state index contributed by atoms with van der Waals surface area (Å²) >= 11 is 0. The summed E-state index contributed by atoms with van der Waals surface area (Å²) in [6.45, 7) is 0. The molecular weight excluding hydrogens is 301 g/mol.